The van der Waals surface area contributed by atoms with Gasteiger partial charge in [0.15, 0.2) is 0 Å². The number of hydrogen-bond donors (Lipinski definition) is 3. The van der Waals surface area contributed by atoms with Gasteiger partial charge in [0, 0.05) is 54.7 Å². The SMILES string of the molecule is CN(c1ccc(Oc2ccc(C(C)(C)O)cc2-c2cn(C)c(=O)c3[nH]ccc23)cc1)C1CCNCC1. The van der Waals surface area contributed by atoms with Gasteiger partial charge in [0.25, 0.3) is 5.56 Å². The molecule has 2 aromatic heterocycles. The van der Waals surface area contributed by atoms with E-state index in [-0.39, 0.29) is 5.56 Å². The number of aromatic nitrogens is 2. The molecule has 7 heteroatoms. The maximum atomic E-state index is 12.6. The van der Waals surface area contributed by atoms with Gasteiger partial charge in [-0.25, -0.2) is 0 Å². The number of anilines is 1. The third kappa shape index (κ3) is 4.64. The second-order valence-corrected chi connectivity index (χ2v) is 10.2. The average molecular weight is 487 g/mol. The molecule has 0 radical (unpaired) electrons. The Bertz CT molecular complexity index is 1420. The first kappa shape index (κ1) is 24.2. The van der Waals surface area contributed by atoms with Gasteiger partial charge in [-0.2, -0.15) is 0 Å². The van der Waals surface area contributed by atoms with Gasteiger partial charge < -0.3 is 29.6 Å². The summed E-state index contributed by atoms with van der Waals surface area (Å²) in [5, 5.41) is 14.9. The highest BCUT2D eigenvalue weighted by atomic mass is 16.5. The topological polar surface area (TPSA) is 82.5 Å². The zero-order valence-corrected chi connectivity index (χ0v) is 21.3. The number of aryl methyl sites for hydroxylation is 1. The molecule has 0 aliphatic carbocycles. The van der Waals surface area contributed by atoms with E-state index < -0.39 is 5.60 Å². The Morgan fingerprint density at radius 3 is 2.47 bits per heavy atom. The van der Waals surface area contributed by atoms with Gasteiger partial charge in [0.05, 0.1) is 5.60 Å². The van der Waals surface area contributed by atoms with Crippen LogP contribution in [0.2, 0.25) is 0 Å². The van der Waals surface area contributed by atoms with E-state index >= 15 is 0 Å². The third-order valence-electron chi connectivity index (χ3n) is 7.20. The summed E-state index contributed by atoms with van der Waals surface area (Å²) in [7, 11) is 3.89. The molecule has 3 N–H and O–H groups in total. The largest absolute Gasteiger partial charge is 0.457 e. The van der Waals surface area contributed by atoms with Crippen molar-refractivity contribution in [3.63, 3.8) is 0 Å². The van der Waals surface area contributed by atoms with Crippen molar-refractivity contribution in [1.82, 2.24) is 14.9 Å². The maximum absolute atomic E-state index is 12.6. The van der Waals surface area contributed by atoms with Gasteiger partial charge in [0.1, 0.15) is 17.0 Å². The second kappa shape index (κ2) is 9.48. The van der Waals surface area contributed by atoms with Crippen molar-refractivity contribution in [3.8, 4) is 22.6 Å². The van der Waals surface area contributed by atoms with Crippen LogP contribution in [0.5, 0.6) is 11.5 Å². The molecule has 5 rings (SSSR count). The number of fused-ring (bicyclic) bond motifs is 1. The third-order valence-corrected chi connectivity index (χ3v) is 7.20. The summed E-state index contributed by atoms with van der Waals surface area (Å²) in [5.74, 6) is 1.38. The zero-order chi connectivity index (χ0) is 25.4. The van der Waals surface area contributed by atoms with Crippen LogP contribution in [0.4, 0.5) is 5.69 Å². The van der Waals surface area contributed by atoms with Gasteiger partial charge in [-0.15, -0.1) is 0 Å². The normalized spacial score (nSPS) is 14.8. The first-order chi connectivity index (χ1) is 17.2. The number of aliphatic hydroxyl groups is 1. The molecule has 0 spiro atoms. The van der Waals surface area contributed by atoms with Crippen LogP contribution in [0.3, 0.4) is 0 Å². The van der Waals surface area contributed by atoms with Crippen molar-refractivity contribution in [3.05, 3.63) is 76.8 Å². The predicted octanol–water partition coefficient (Wildman–Crippen LogP) is 4.74. The van der Waals surface area contributed by atoms with E-state index in [0.717, 1.165) is 53.8 Å². The van der Waals surface area contributed by atoms with Crippen LogP contribution >= 0.6 is 0 Å². The van der Waals surface area contributed by atoms with Crippen molar-refractivity contribution >= 4 is 16.6 Å². The van der Waals surface area contributed by atoms with Crippen molar-refractivity contribution in [2.24, 2.45) is 7.05 Å². The fraction of sp³-hybridized carbons (Fsp3) is 0.345. The molecule has 7 nitrogen and oxygen atoms in total. The van der Waals surface area contributed by atoms with Crippen molar-refractivity contribution in [2.45, 2.75) is 38.3 Å². The molecule has 1 saturated heterocycles. The fourth-order valence-corrected chi connectivity index (χ4v) is 4.97. The van der Waals surface area contributed by atoms with Crippen LogP contribution in [0.1, 0.15) is 32.3 Å². The molecule has 4 aromatic rings. The monoisotopic (exact) mass is 486 g/mol. The van der Waals surface area contributed by atoms with Crippen LogP contribution in [0.15, 0.2) is 65.7 Å². The highest BCUT2D eigenvalue weighted by molar-refractivity contribution is 5.96. The molecular formula is C29H34N4O3. The Morgan fingerprint density at radius 1 is 1.06 bits per heavy atom. The van der Waals surface area contributed by atoms with Gasteiger partial charge in [0.2, 0.25) is 0 Å². The lowest BCUT2D eigenvalue weighted by Crippen LogP contribution is -2.41. The Hall–Kier alpha value is -3.55. The molecule has 2 aromatic carbocycles. The summed E-state index contributed by atoms with van der Waals surface area (Å²) >= 11 is 0. The van der Waals surface area contributed by atoms with Crippen molar-refractivity contribution in [1.29, 1.82) is 0 Å². The minimum absolute atomic E-state index is 0.0895. The smallest absolute Gasteiger partial charge is 0.274 e. The number of H-pyrrole nitrogens is 1. The number of rotatable bonds is 6. The van der Waals surface area contributed by atoms with Crippen LogP contribution in [-0.2, 0) is 12.6 Å². The highest BCUT2D eigenvalue weighted by Crippen LogP contribution is 2.39. The standard InChI is InChI=1S/C29H34N4O3/c1-29(2,35)19-5-10-26(24(17-19)25-18-32(3)28(34)27-23(25)13-16-31-27)36-22-8-6-20(7-9-22)33(4)21-11-14-30-15-12-21/h5-10,13,16-18,21,30-31,35H,11-12,14-15H2,1-4H3. The number of nitrogens with one attached hydrogen (secondary N) is 2. The molecule has 188 valence electrons. The lowest BCUT2D eigenvalue weighted by molar-refractivity contribution is 0.0786. The molecule has 0 unspecified atom stereocenters. The van der Waals surface area contributed by atoms with E-state index in [2.05, 4.69) is 34.4 Å². The molecule has 0 bridgehead atoms. The highest BCUT2D eigenvalue weighted by Gasteiger charge is 2.22. The summed E-state index contributed by atoms with van der Waals surface area (Å²) in [6.07, 6.45) is 5.87. The summed E-state index contributed by atoms with van der Waals surface area (Å²) in [5.41, 5.74) is 3.03. The summed E-state index contributed by atoms with van der Waals surface area (Å²) in [6, 6.07) is 16.3. The minimum atomic E-state index is -1.02. The lowest BCUT2D eigenvalue weighted by atomic mass is 9.93. The quantitative estimate of drug-likeness (QED) is 0.367. The van der Waals surface area contributed by atoms with Gasteiger partial charge >= 0.3 is 0 Å². The molecule has 1 fully saturated rings. The van der Waals surface area contributed by atoms with E-state index in [9.17, 15) is 9.90 Å². The Balaban J connectivity index is 1.52. The van der Waals surface area contributed by atoms with Crippen LogP contribution in [-0.4, -0.2) is 40.8 Å². The number of benzene rings is 2. The van der Waals surface area contributed by atoms with E-state index in [1.165, 1.54) is 5.69 Å². The molecule has 3 heterocycles. The van der Waals surface area contributed by atoms with Crippen LogP contribution < -0.4 is 20.5 Å². The number of pyridine rings is 1. The first-order valence-corrected chi connectivity index (χ1v) is 12.5. The summed E-state index contributed by atoms with van der Waals surface area (Å²) in [4.78, 5) is 18.0. The van der Waals surface area contributed by atoms with Crippen LogP contribution in [0, 0.1) is 0 Å². The van der Waals surface area contributed by atoms with Crippen molar-refractivity contribution < 1.29 is 9.84 Å². The molecule has 0 atom stereocenters. The molecule has 0 amide bonds. The maximum Gasteiger partial charge on any atom is 0.274 e. The molecule has 1 aliphatic heterocycles. The summed E-state index contributed by atoms with van der Waals surface area (Å²) < 4.78 is 7.97. The Labute approximate surface area is 211 Å². The zero-order valence-electron chi connectivity index (χ0n) is 21.3. The molecule has 1 aliphatic rings. The predicted molar refractivity (Wildman–Crippen MR) is 145 cm³/mol. The minimum Gasteiger partial charge on any atom is -0.457 e. The number of nitrogens with zero attached hydrogens (tertiary/aromatic N) is 2. The van der Waals surface area contributed by atoms with Crippen LogP contribution in [0.25, 0.3) is 22.0 Å². The number of hydrogen-bond acceptors (Lipinski definition) is 5. The number of ether oxygens (including phenoxy) is 1. The molecular weight excluding hydrogens is 452 g/mol. The number of piperidine rings is 1. The second-order valence-electron chi connectivity index (χ2n) is 10.2. The average Bonchev–Trinajstić information content (AvgIpc) is 3.37. The molecule has 0 saturated carbocycles. The van der Waals surface area contributed by atoms with Gasteiger partial charge in [-0.05, 0) is 87.8 Å². The van der Waals surface area contributed by atoms with Gasteiger partial charge in [-0.3, -0.25) is 4.79 Å². The van der Waals surface area contributed by atoms with E-state index in [1.807, 2.05) is 42.6 Å². The fourth-order valence-electron chi connectivity index (χ4n) is 4.97. The molecule has 36 heavy (non-hydrogen) atoms. The lowest BCUT2D eigenvalue weighted by Gasteiger charge is -2.33. The van der Waals surface area contributed by atoms with E-state index in [1.54, 1.807) is 31.7 Å². The van der Waals surface area contributed by atoms with E-state index in [0.29, 0.717) is 17.3 Å². The van der Waals surface area contributed by atoms with E-state index in [4.69, 9.17) is 4.74 Å². The Morgan fingerprint density at radius 2 is 1.78 bits per heavy atom. The summed E-state index contributed by atoms with van der Waals surface area (Å²) in [6.45, 7) is 5.63. The van der Waals surface area contributed by atoms with Crippen molar-refractivity contribution in [2.75, 3.05) is 25.0 Å². The van der Waals surface area contributed by atoms with Gasteiger partial charge in [-0.1, -0.05) is 6.07 Å². The Kier molecular flexibility index (Phi) is 6.36. The first-order valence-electron chi connectivity index (χ1n) is 12.5. The number of aromatic amines is 1.